The molecule has 0 amide bonds. The van der Waals surface area contributed by atoms with Crippen LogP contribution in [0.5, 0.6) is 0 Å². The summed E-state index contributed by atoms with van der Waals surface area (Å²) in [6.07, 6.45) is 1.55. The number of aromatic nitrogens is 4. The summed E-state index contributed by atoms with van der Waals surface area (Å²) in [6.45, 7) is 4.44. The second-order valence-electron chi connectivity index (χ2n) is 2.85. The van der Waals surface area contributed by atoms with Gasteiger partial charge in [-0.05, 0) is 13.8 Å². The summed E-state index contributed by atoms with van der Waals surface area (Å²) in [6, 6.07) is 0. The fraction of sp³-hybridized carbons (Fsp3) is 0.375. The largest absolute Gasteiger partial charge is 0.310 e. The number of hydrogen-bond acceptors (Lipinski definition) is 3. The number of H-pyrrole nitrogens is 1. The highest BCUT2D eigenvalue weighted by atomic mass is 16.1. The molecule has 5 heteroatoms. The van der Waals surface area contributed by atoms with Gasteiger partial charge in [-0.1, -0.05) is 0 Å². The van der Waals surface area contributed by atoms with E-state index in [9.17, 15) is 4.79 Å². The Balaban J connectivity index is 2.90. The van der Waals surface area contributed by atoms with Crippen LogP contribution in [0.15, 0.2) is 11.0 Å². The Bertz CT molecular complexity index is 496. The Labute approximate surface area is 74.4 Å². The Hall–Kier alpha value is -1.65. The molecule has 0 radical (unpaired) electrons. The predicted octanol–water partition coefficient (Wildman–Crippen LogP) is 0.448. The molecular weight excluding hydrogens is 168 g/mol. The van der Waals surface area contributed by atoms with Crippen molar-refractivity contribution < 1.29 is 0 Å². The van der Waals surface area contributed by atoms with Gasteiger partial charge >= 0.3 is 0 Å². The molecule has 2 rings (SSSR count). The minimum Gasteiger partial charge on any atom is -0.310 e. The van der Waals surface area contributed by atoms with Crippen molar-refractivity contribution in [2.75, 3.05) is 0 Å². The van der Waals surface area contributed by atoms with Gasteiger partial charge in [0.2, 0.25) is 0 Å². The molecule has 0 bridgehead atoms. The van der Waals surface area contributed by atoms with Crippen LogP contribution in [0.1, 0.15) is 12.7 Å². The number of aryl methyl sites for hydroxylation is 2. The Morgan fingerprint density at radius 3 is 3.08 bits per heavy atom. The summed E-state index contributed by atoms with van der Waals surface area (Å²) in [5, 5.41) is 4.60. The molecule has 2 aromatic rings. The smallest absolute Gasteiger partial charge is 0.262 e. The minimum absolute atomic E-state index is 0.123. The van der Waals surface area contributed by atoms with Crippen molar-refractivity contribution >= 4 is 11.0 Å². The Morgan fingerprint density at radius 2 is 2.38 bits per heavy atom. The third-order valence-electron chi connectivity index (χ3n) is 1.92. The lowest BCUT2D eigenvalue weighted by atomic mass is 10.4. The van der Waals surface area contributed by atoms with Gasteiger partial charge in [0.1, 0.15) is 11.2 Å². The monoisotopic (exact) mass is 178 g/mol. The van der Waals surface area contributed by atoms with Crippen molar-refractivity contribution in [2.24, 2.45) is 0 Å². The van der Waals surface area contributed by atoms with Gasteiger partial charge in [-0.2, -0.15) is 5.10 Å². The van der Waals surface area contributed by atoms with E-state index in [1.54, 1.807) is 17.8 Å². The normalized spacial score (nSPS) is 10.9. The predicted molar refractivity (Wildman–Crippen MR) is 48.6 cm³/mol. The van der Waals surface area contributed by atoms with Gasteiger partial charge < -0.3 is 4.98 Å². The summed E-state index contributed by atoms with van der Waals surface area (Å²) in [5.74, 6) is 0.618. The molecule has 2 aromatic heterocycles. The fourth-order valence-electron chi connectivity index (χ4n) is 1.31. The summed E-state index contributed by atoms with van der Waals surface area (Å²) in [5.41, 5.74) is 0.533. The van der Waals surface area contributed by atoms with Crippen LogP contribution in [0, 0.1) is 6.92 Å². The molecule has 0 saturated carbocycles. The van der Waals surface area contributed by atoms with Crippen molar-refractivity contribution in [2.45, 2.75) is 20.4 Å². The lowest BCUT2D eigenvalue weighted by molar-refractivity contribution is 0.675. The van der Waals surface area contributed by atoms with E-state index in [1.807, 2.05) is 6.92 Å². The van der Waals surface area contributed by atoms with Crippen LogP contribution in [0.3, 0.4) is 0 Å². The highest BCUT2D eigenvalue weighted by Gasteiger charge is 2.06. The highest BCUT2D eigenvalue weighted by molar-refractivity contribution is 5.72. The molecule has 0 saturated heterocycles. The van der Waals surface area contributed by atoms with E-state index in [1.165, 1.54) is 0 Å². The van der Waals surface area contributed by atoms with Gasteiger partial charge in [-0.25, -0.2) is 9.67 Å². The molecule has 13 heavy (non-hydrogen) atoms. The minimum atomic E-state index is -0.123. The summed E-state index contributed by atoms with van der Waals surface area (Å²) in [4.78, 5) is 18.2. The standard InChI is InChI=1S/C8H10N4O/c1-3-12-7-6(4-9-12)8(13)11-5(2)10-7/h4H,3H2,1-2H3,(H,10,11,13). The van der Waals surface area contributed by atoms with E-state index in [0.717, 1.165) is 6.54 Å². The molecule has 2 heterocycles. The molecule has 0 aliphatic heterocycles. The van der Waals surface area contributed by atoms with Crippen LogP contribution >= 0.6 is 0 Å². The van der Waals surface area contributed by atoms with Crippen molar-refractivity contribution in [3.8, 4) is 0 Å². The van der Waals surface area contributed by atoms with Crippen LogP contribution < -0.4 is 5.56 Å². The van der Waals surface area contributed by atoms with Crippen LogP contribution in [0.2, 0.25) is 0 Å². The molecule has 0 spiro atoms. The number of rotatable bonds is 1. The van der Waals surface area contributed by atoms with E-state index < -0.39 is 0 Å². The molecule has 0 fully saturated rings. The van der Waals surface area contributed by atoms with Gasteiger partial charge in [-0.3, -0.25) is 4.79 Å². The topological polar surface area (TPSA) is 63.6 Å². The van der Waals surface area contributed by atoms with E-state index in [-0.39, 0.29) is 5.56 Å². The maximum absolute atomic E-state index is 11.4. The van der Waals surface area contributed by atoms with Crippen molar-refractivity contribution in [3.63, 3.8) is 0 Å². The van der Waals surface area contributed by atoms with E-state index in [4.69, 9.17) is 0 Å². The maximum Gasteiger partial charge on any atom is 0.262 e. The lowest BCUT2D eigenvalue weighted by Gasteiger charge is -1.97. The molecule has 0 unspecified atom stereocenters. The van der Waals surface area contributed by atoms with E-state index in [2.05, 4.69) is 15.1 Å². The number of nitrogens with one attached hydrogen (secondary N) is 1. The van der Waals surface area contributed by atoms with Gasteiger partial charge in [0.05, 0.1) is 6.20 Å². The first-order valence-corrected chi connectivity index (χ1v) is 4.15. The van der Waals surface area contributed by atoms with Crippen LogP contribution in [0.4, 0.5) is 0 Å². The van der Waals surface area contributed by atoms with Gasteiger partial charge in [0.15, 0.2) is 5.65 Å². The molecule has 68 valence electrons. The van der Waals surface area contributed by atoms with Crippen molar-refractivity contribution in [1.82, 2.24) is 19.7 Å². The molecule has 1 N–H and O–H groups in total. The maximum atomic E-state index is 11.4. The zero-order valence-electron chi connectivity index (χ0n) is 7.53. The molecular formula is C8H10N4O. The van der Waals surface area contributed by atoms with Crippen molar-refractivity contribution in [1.29, 1.82) is 0 Å². The third-order valence-corrected chi connectivity index (χ3v) is 1.92. The SMILES string of the molecule is CCn1ncc2c(=O)[nH]c(C)nc21. The zero-order chi connectivity index (χ0) is 9.42. The third kappa shape index (κ3) is 1.12. The van der Waals surface area contributed by atoms with Crippen LogP contribution in [-0.2, 0) is 6.54 Å². The summed E-state index contributed by atoms with van der Waals surface area (Å²) in [7, 11) is 0. The molecule has 0 aromatic carbocycles. The zero-order valence-corrected chi connectivity index (χ0v) is 7.53. The van der Waals surface area contributed by atoms with E-state index >= 15 is 0 Å². The highest BCUT2D eigenvalue weighted by Crippen LogP contribution is 2.04. The number of aromatic amines is 1. The van der Waals surface area contributed by atoms with Gasteiger partial charge in [-0.15, -0.1) is 0 Å². The van der Waals surface area contributed by atoms with Crippen LogP contribution in [-0.4, -0.2) is 19.7 Å². The first-order chi connectivity index (χ1) is 6.22. The molecule has 0 aliphatic rings. The summed E-state index contributed by atoms with van der Waals surface area (Å²) < 4.78 is 1.71. The molecule has 5 nitrogen and oxygen atoms in total. The van der Waals surface area contributed by atoms with Gasteiger partial charge in [0.25, 0.3) is 5.56 Å². The van der Waals surface area contributed by atoms with E-state index in [0.29, 0.717) is 16.9 Å². The average molecular weight is 178 g/mol. The lowest BCUT2D eigenvalue weighted by Crippen LogP contribution is -2.10. The number of hydrogen-bond donors (Lipinski definition) is 1. The van der Waals surface area contributed by atoms with Gasteiger partial charge in [0, 0.05) is 6.54 Å². The Kier molecular flexibility index (Phi) is 1.65. The van der Waals surface area contributed by atoms with Crippen molar-refractivity contribution in [3.05, 3.63) is 22.4 Å². The Morgan fingerprint density at radius 1 is 1.62 bits per heavy atom. The molecule has 0 aliphatic carbocycles. The summed E-state index contributed by atoms with van der Waals surface area (Å²) >= 11 is 0. The second-order valence-corrected chi connectivity index (χ2v) is 2.85. The second kappa shape index (κ2) is 2.69. The number of fused-ring (bicyclic) bond motifs is 1. The quantitative estimate of drug-likeness (QED) is 0.689. The van der Waals surface area contributed by atoms with Crippen LogP contribution in [0.25, 0.3) is 11.0 Å². The first kappa shape index (κ1) is 7.97. The first-order valence-electron chi connectivity index (χ1n) is 4.15. The fourth-order valence-corrected chi connectivity index (χ4v) is 1.31. The molecule has 0 atom stereocenters. The number of nitrogens with zero attached hydrogens (tertiary/aromatic N) is 3. The average Bonchev–Trinajstić information content (AvgIpc) is 2.47.